The maximum absolute atomic E-state index is 11.6. The van der Waals surface area contributed by atoms with Crippen LogP contribution < -0.4 is 10.4 Å². The fourth-order valence-corrected chi connectivity index (χ4v) is 3.15. The summed E-state index contributed by atoms with van der Waals surface area (Å²) in [6.07, 6.45) is 5.24. The number of nitrogens with zero attached hydrogens (tertiary/aromatic N) is 1. The first-order chi connectivity index (χ1) is 6.67. The molecule has 2 aliphatic rings. The van der Waals surface area contributed by atoms with Crippen LogP contribution in [-0.2, 0) is 9.84 Å². The Hall–Kier alpha value is -1.42. The van der Waals surface area contributed by atoms with Gasteiger partial charge in [-0.25, -0.2) is 8.42 Å². The van der Waals surface area contributed by atoms with Gasteiger partial charge in [0.1, 0.15) is 0 Å². The van der Waals surface area contributed by atoms with Crippen molar-refractivity contribution in [1.29, 1.82) is 0 Å². The Morgan fingerprint density at radius 1 is 1.21 bits per heavy atom. The van der Waals surface area contributed by atoms with Crippen LogP contribution in [-0.4, -0.2) is 20.4 Å². The molecular weight excluding hydrogens is 198 g/mol. The van der Waals surface area contributed by atoms with Crippen LogP contribution in [0.25, 0.3) is 12.2 Å². The smallest absolute Gasteiger partial charge is 0.182 e. The Labute approximate surface area is 81.0 Å². The molecule has 0 fully saturated rings. The first kappa shape index (κ1) is 7.94. The molecule has 2 aliphatic heterocycles. The highest BCUT2D eigenvalue weighted by molar-refractivity contribution is 7.92. The van der Waals surface area contributed by atoms with Crippen LogP contribution >= 0.6 is 0 Å². The highest BCUT2D eigenvalue weighted by atomic mass is 32.2. The summed E-state index contributed by atoms with van der Waals surface area (Å²) >= 11 is 0. The van der Waals surface area contributed by atoms with Crippen molar-refractivity contribution < 1.29 is 8.42 Å². The van der Waals surface area contributed by atoms with Crippen molar-refractivity contribution in [3.63, 3.8) is 0 Å². The van der Waals surface area contributed by atoms with Crippen LogP contribution in [0.4, 0.5) is 5.69 Å². The minimum Gasteiger partial charge on any atom is -0.256 e. The fraction of sp³-hybridized carbons (Fsp3) is 0.100. The van der Waals surface area contributed by atoms with E-state index in [1.807, 2.05) is 12.1 Å². The van der Waals surface area contributed by atoms with E-state index in [1.165, 1.54) is 0 Å². The van der Waals surface area contributed by atoms with E-state index in [4.69, 9.17) is 0 Å². The molecule has 0 unspecified atom stereocenters. The van der Waals surface area contributed by atoms with Crippen molar-refractivity contribution in [2.24, 2.45) is 4.99 Å². The standard InChI is InChI=1S/C10H7NO2S/c12-14(13)4-2-8-5-9-7(1-3-11-9)6-10(8)14/h1-3,5-6H,4H2. The van der Waals surface area contributed by atoms with Crippen molar-refractivity contribution in [2.75, 3.05) is 5.75 Å². The summed E-state index contributed by atoms with van der Waals surface area (Å²) in [4.78, 5) is 4.57. The van der Waals surface area contributed by atoms with E-state index in [1.54, 1.807) is 18.4 Å². The van der Waals surface area contributed by atoms with E-state index in [2.05, 4.69) is 4.99 Å². The third-order valence-corrected chi connectivity index (χ3v) is 4.11. The molecule has 1 aromatic carbocycles. The van der Waals surface area contributed by atoms with Gasteiger partial charge < -0.3 is 0 Å². The monoisotopic (exact) mass is 205 g/mol. The predicted molar refractivity (Wildman–Crippen MR) is 54.8 cm³/mol. The Morgan fingerprint density at radius 3 is 2.93 bits per heavy atom. The number of sulfone groups is 1. The number of hydrogen-bond acceptors (Lipinski definition) is 3. The SMILES string of the molecule is O=S1(=O)CC=c2cc3c(cc21)=CC=N3. The van der Waals surface area contributed by atoms with Crippen LogP contribution in [0.2, 0.25) is 0 Å². The van der Waals surface area contributed by atoms with Gasteiger partial charge in [-0.15, -0.1) is 0 Å². The van der Waals surface area contributed by atoms with E-state index in [0.29, 0.717) is 4.90 Å². The Balaban J connectivity index is 2.49. The van der Waals surface area contributed by atoms with Crippen LogP contribution in [0.5, 0.6) is 0 Å². The van der Waals surface area contributed by atoms with Crippen molar-refractivity contribution in [1.82, 2.24) is 0 Å². The molecule has 0 aromatic heterocycles. The average molecular weight is 205 g/mol. The molecule has 4 heteroatoms. The third-order valence-electron chi connectivity index (χ3n) is 2.48. The van der Waals surface area contributed by atoms with Gasteiger partial charge in [0.2, 0.25) is 0 Å². The van der Waals surface area contributed by atoms with Crippen LogP contribution in [0.1, 0.15) is 0 Å². The molecule has 70 valence electrons. The summed E-state index contributed by atoms with van der Waals surface area (Å²) in [7, 11) is -3.06. The fourth-order valence-electron chi connectivity index (χ4n) is 1.76. The predicted octanol–water partition coefficient (Wildman–Crippen LogP) is -0.249. The van der Waals surface area contributed by atoms with E-state index in [-0.39, 0.29) is 5.75 Å². The summed E-state index contributed by atoms with van der Waals surface area (Å²) in [5.41, 5.74) is 0.858. The zero-order valence-corrected chi connectivity index (χ0v) is 8.08. The van der Waals surface area contributed by atoms with Gasteiger partial charge in [0.15, 0.2) is 9.84 Å². The molecule has 0 saturated heterocycles. The number of rotatable bonds is 0. The van der Waals surface area contributed by atoms with Crippen molar-refractivity contribution in [3.05, 3.63) is 22.6 Å². The first-order valence-electron chi connectivity index (χ1n) is 4.28. The molecule has 3 rings (SSSR count). The molecule has 0 N–H and O–H groups in total. The minimum atomic E-state index is -3.06. The minimum absolute atomic E-state index is 0.120. The number of benzene rings is 1. The van der Waals surface area contributed by atoms with E-state index >= 15 is 0 Å². The van der Waals surface area contributed by atoms with E-state index < -0.39 is 9.84 Å². The summed E-state index contributed by atoms with van der Waals surface area (Å²) in [6.45, 7) is 0. The average Bonchev–Trinajstić information content (AvgIpc) is 2.69. The summed E-state index contributed by atoms with van der Waals surface area (Å²) < 4.78 is 23.1. The van der Waals surface area contributed by atoms with Gasteiger partial charge in [-0.05, 0) is 23.4 Å². The van der Waals surface area contributed by atoms with Crippen LogP contribution in [0.3, 0.4) is 0 Å². The Kier molecular flexibility index (Phi) is 1.32. The van der Waals surface area contributed by atoms with Gasteiger partial charge >= 0.3 is 0 Å². The second kappa shape index (κ2) is 2.33. The first-order valence-corrected chi connectivity index (χ1v) is 5.93. The topological polar surface area (TPSA) is 46.5 Å². The molecule has 1 aromatic rings. The van der Waals surface area contributed by atoms with Gasteiger partial charge in [0, 0.05) is 11.4 Å². The molecule has 0 atom stereocenters. The normalized spacial score (nSPS) is 19.7. The van der Waals surface area contributed by atoms with Crippen LogP contribution in [0.15, 0.2) is 22.0 Å². The number of aliphatic imine (C=N–C) groups is 1. The molecular formula is C10H7NO2S. The molecule has 3 nitrogen and oxygen atoms in total. The lowest BCUT2D eigenvalue weighted by molar-refractivity contribution is 0.600. The lowest BCUT2D eigenvalue weighted by Crippen LogP contribution is -2.13. The molecule has 14 heavy (non-hydrogen) atoms. The highest BCUT2D eigenvalue weighted by Crippen LogP contribution is 2.14. The second-order valence-electron chi connectivity index (χ2n) is 3.38. The molecule has 0 radical (unpaired) electrons. The summed E-state index contributed by atoms with van der Waals surface area (Å²) in [6, 6.07) is 3.53. The van der Waals surface area contributed by atoms with Crippen molar-refractivity contribution in [3.8, 4) is 0 Å². The molecule has 0 saturated carbocycles. The largest absolute Gasteiger partial charge is 0.256 e. The maximum Gasteiger partial charge on any atom is 0.182 e. The molecule has 0 amide bonds. The molecule has 0 spiro atoms. The van der Waals surface area contributed by atoms with Crippen molar-refractivity contribution in [2.45, 2.75) is 4.90 Å². The van der Waals surface area contributed by atoms with Gasteiger partial charge in [0.05, 0.1) is 16.3 Å². The quantitative estimate of drug-likeness (QED) is 0.586. The van der Waals surface area contributed by atoms with E-state index in [9.17, 15) is 8.42 Å². The van der Waals surface area contributed by atoms with Gasteiger partial charge in [0.25, 0.3) is 0 Å². The Bertz CT molecular complexity index is 669. The molecule has 2 heterocycles. The molecule has 0 aliphatic carbocycles. The summed E-state index contributed by atoms with van der Waals surface area (Å²) in [5.74, 6) is 0.120. The lowest BCUT2D eigenvalue weighted by Gasteiger charge is -1.96. The summed E-state index contributed by atoms with van der Waals surface area (Å²) in [5, 5.41) is 1.68. The lowest BCUT2D eigenvalue weighted by atomic mass is 10.2. The van der Waals surface area contributed by atoms with Gasteiger partial charge in [-0.3, -0.25) is 4.99 Å². The number of hydrogen-bond donors (Lipinski definition) is 0. The zero-order chi connectivity index (χ0) is 9.76. The molecule has 0 bridgehead atoms. The zero-order valence-electron chi connectivity index (χ0n) is 7.27. The second-order valence-corrected chi connectivity index (χ2v) is 5.38. The van der Waals surface area contributed by atoms with Gasteiger partial charge in [-0.1, -0.05) is 6.08 Å². The number of fused-ring (bicyclic) bond motifs is 2. The Morgan fingerprint density at radius 2 is 2.07 bits per heavy atom. The van der Waals surface area contributed by atoms with Gasteiger partial charge in [-0.2, -0.15) is 0 Å². The highest BCUT2D eigenvalue weighted by Gasteiger charge is 2.21. The maximum atomic E-state index is 11.6. The van der Waals surface area contributed by atoms with Crippen molar-refractivity contribution >= 4 is 33.9 Å². The van der Waals surface area contributed by atoms with E-state index in [0.717, 1.165) is 16.1 Å². The van der Waals surface area contributed by atoms with Crippen LogP contribution in [0, 0.1) is 0 Å². The third kappa shape index (κ3) is 0.915.